The van der Waals surface area contributed by atoms with Crippen molar-refractivity contribution in [1.29, 1.82) is 0 Å². The van der Waals surface area contributed by atoms with Crippen LogP contribution in [0.15, 0.2) is 29.1 Å². The second-order valence-electron chi connectivity index (χ2n) is 8.98. The Morgan fingerprint density at radius 3 is 2.57 bits per heavy atom. The minimum absolute atomic E-state index is 0.00683. The number of amides is 1. The standard InChI is InChI=1S/C26H35N5O6/c1-4-36-20(32)14-13-19(25(35)37-5-2)28-23(33)17-11-9-16(10-12-17)7-6-8-18-15-31(3)22-21(18)24(34)30-26(27)29-22/h9-12,18-19H,4-8,13-15H2,1-3H3,(H,28,33)(H3,27,29,30,34)/t18?,19-/m1/s1. The number of nitrogens with two attached hydrogens (primary N) is 1. The van der Waals surface area contributed by atoms with Crippen molar-refractivity contribution < 1.29 is 23.9 Å². The van der Waals surface area contributed by atoms with Gasteiger partial charge in [0.15, 0.2) is 0 Å². The smallest absolute Gasteiger partial charge is 0.328 e. The lowest BCUT2D eigenvalue weighted by molar-refractivity contribution is -0.146. The van der Waals surface area contributed by atoms with Gasteiger partial charge in [-0.15, -0.1) is 0 Å². The molecule has 1 amide bonds. The highest BCUT2D eigenvalue weighted by Gasteiger charge is 2.30. The molecule has 37 heavy (non-hydrogen) atoms. The molecule has 0 radical (unpaired) electrons. The van der Waals surface area contributed by atoms with E-state index in [1.54, 1.807) is 26.0 Å². The van der Waals surface area contributed by atoms with Gasteiger partial charge in [-0.1, -0.05) is 12.1 Å². The Morgan fingerprint density at radius 2 is 1.89 bits per heavy atom. The highest BCUT2D eigenvalue weighted by atomic mass is 16.5. The number of aryl methyl sites for hydroxylation is 1. The molecule has 11 nitrogen and oxygen atoms in total. The summed E-state index contributed by atoms with van der Waals surface area (Å²) in [5.41, 5.74) is 7.63. The Bertz CT molecular complexity index is 1160. The SMILES string of the molecule is CCOC(=O)CC[C@@H](NC(=O)c1ccc(CCCC2CN(C)c3nc(N)[nH]c(=O)c32)cc1)C(=O)OCC. The van der Waals surface area contributed by atoms with E-state index >= 15 is 0 Å². The molecular formula is C26H35N5O6. The first-order valence-corrected chi connectivity index (χ1v) is 12.6. The molecule has 0 saturated carbocycles. The van der Waals surface area contributed by atoms with E-state index in [9.17, 15) is 19.2 Å². The van der Waals surface area contributed by atoms with Gasteiger partial charge in [-0.25, -0.2) is 4.79 Å². The monoisotopic (exact) mass is 513 g/mol. The highest BCUT2D eigenvalue weighted by Crippen LogP contribution is 2.34. The van der Waals surface area contributed by atoms with E-state index in [1.165, 1.54) is 0 Å². The summed E-state index contributed by atoms with van der Waals surface area (Å²) < 4.78 is 9.94. The number of benzene rings is 1. The second kappa shape index (κ2) is 12.9. The fraction of sp³-hybridized carbons (Fsp3) is 0.500. The number of ether oxygens (including phenoxy) is 2. The third kappa shape index (κ3) is 7.31. The Balaban J connectivity index is 1.55. The van der Waals surface area contributed by atoms with Crippen molar-refractivity contribution in [3.8, 4) is 0 Å². The summed E-state index contributed by atoms with van der Waals surface area (Å²) in [5, 5.41) is 2.66. The average molecular weight is 514 g/mol. The van der Waals surface area contributed by atoms with Crippen LogP contribution in [0.1, 0.15) is 66.9 Å². The van der Waals surface area contributed by atoms with E-state index in [2.05, 4.69) is 15.3 Å². The maximum absolute atomic E-state index is 12.7. The molecule has 11 heteroatoms. The van der Waals surface area contributed by atoms with E-state index in [4.69, 9.17) is 15.2 Å². The zero-order valence-electron chi connectivity index (χ0n) is 21.5. The van der Waals surface area contributed by atoms with Gasteiger partial charge in [0.2, 0.25) is 5.95 Å². The molecule has 1 aromatic heterocycles. The van der Waals surface area contributed by atoms with Crippen LogP contribution < -0.4 is 21.5 Å². The minimum atomic E-state index is -0.947. The second-order valence-corrected chi connectivity index (χ2v) is 8.98. The summed E-state index contributed by atoms with van der Waals surface area (Å²) >= 11 is 0. The van der Waals surface area contributed by atoms with Crippen molar-refractivity contribution in [3.63, 3.8) is 0 Å². The summed E-state index contributed by atoms with van der Waals surface area (Å²) in [7, 11) is 1.90. The van der Waals surface area contributed by atoms with Gasteiger partial charge in [-0.3, -0.25) is 19.4 Å². The number of H-pyrrole nitrogens is 1. The van der Waals surface area contributed by atoms with E-state index < -0.39 is 23.9 Å². The Labute approximate surface area is 215 Å². The van der Waals surface area contributed by atoms with E-state index in [1.807, 2.05) is 24.1 Å². The van der Waals surface area contributed by atoms with Gasteiger partial charge in [0.05, 0.1) is 18.8 Å². The molecule has 1 aliphatic rings. The lowest BCUT2D eigenvalue weighted by Gasteiger charge is -2.17. The number of carbonyl (C=O) groups excluding carboxylic acids is 3. The number of nitrogen functional groups attached to an aromatic ring is 1. The van der Waals surface area contributed by atoms with Crippen molar-refractivity contribution >= 4 is 29.6 Å². The number of nitrogens with one attached hydrogen (secondary N) is 2. The van der Waals surface area contributed by atoms with Crippen LogP contribution in [0, 0.1) is 0 Å². The Kier molecular flexibility index (Phi) is 9.64. The molecule has 4 N–H and O–H groups in total. The quantitative estimate of drug-likeness (QED) is 0.361. The normalized spacial score (nSPS) is 15.1. The van der Waals surface area contributed by atoms with Gasteiger partial charge < -0.3 is 25.4 Å². The number of esters is 2. The van der Waals surface area contributed by atoms with Crippen LogP contribution in [0.3, 0.4) is 0 Å². The Morgan fingerprint density at radius 1 is 1.19 bits per heavy atom. The van der Waals surface area contributed by atoms with Gasteiger partial charge in [-0.2, -0.15) is 4.98 Å². The van der Waals surface area contributed by atoms with Crippen molar-refractivity contribution in [2.75, 3.05) is 37.4 Å². The van der Waals surface area contributed by atoms with E-state index in [0.717, 1.165) is 24.8 Å². The van der Waals surface area contributed by atoms with Crippen LogP contribution in [0.2, 0.25) is 0 Å². The van der Waals surface area contributed by atoms with Crippen molar-refractivity contribution in [1.82, 2.24) is 15.3 Å². The van der Waals surface area contributed by atoms with E-state index in [0.29, 0.717) is 23.5 Å². The Hall–Kier alpha value is -3.89. The van der Waals surface area contributed by atoms with Crippen LogP contribution in [-0.2, 0) is 25.5 Å². The zero-order chi connectivity index (χ0) is 26.9. The summed E-state index contributed by atoms with van der Waals surface area (Å²) in [6.45, 7) is 4.51. The summed E-state index contributed by atoms with van der Waals surface area (Å²) in [6, 6.07) is 6.20. The molecule has 2 heterocycles. The van der Waals surface area contributed by atoms with Gasteiger partial charge in [-0.05, 0) is 57.2 Å². The number of likely N-dealkylation sites (N-methyl/N-ethyl adjacent to an activating group) is 1. The molecule has 1 unspecified atom stereocenters. The third-order valence-corrected chi connectivity index (χ3v) is 6.27. The molecule has 0 spiro atoms. The zero-order valence-corrected chi connectivity index (χ0v) is 21.5. The van der Waals surface area contributed by atoms with Crippen LogP contribution >= 0.6 is 0 Å². The van der Waals surface area contributed by atoms with Crippen LogP contribution in [0.25, 0.3) is 0 Å². The number of anilines is 2. The number of rotatable bonds is 12. The fourth-order valence-corrected chi connectivity index (χ4v) is 4.49. The first-order chi connectivity index (χ1) is 17.7. The lowest BCUT2D eigenvalue weighted by Crippen LogP contribution is -2.42. The predicted molar refractivity (Wildman–Crippen MR) is 138 cm³/mol. The van der Waals surface area contributed by atoms with Gasteiger partial charge >= 0.3 is 11.9 Å². The summed E-state index contributed by atoms with van der Waals surface area (Å²) in [6.07, 6.45) is 2.53. The highest BCUT2D eigenvalue weighted by molar-refractivity contribution is 5.96. The molecule has 0 bridgehead atoms. The predicted octanol–water partition coefficient (Wildman–Crippen LogP) is 1.91. The first-order valence-electron chi connectivity index (χ1n) is 12.6. The number of carbonyl (C=O) groups is 3. The van der Waals surface area contributed by atoms with Crippen molar-refractivity contribution in [2.24, 2.45) is 0 Å². The summed E-state index contributed by atoms with van der Waals surface area (Å²) in [5.74, 6) is -0.611. The van der Waals surface area contributed by atoms with Crippen LogP contribution in [0.4, 0.5) is 11.8 Å². The number of nitrogens with zero attached hydrogens (tertiary/aromatic N) is 2. The van der Waals surface area contributed by atoms with E-state index in [-0.39, 0.29) is 43.5 Å². The summed E-state index contributed by atoms with van der Waals surface area (Å²) in [4.78, 5) is 57.9. The lowest BCUT2D eigenvalue weighted by atomic mass is 9.95. The van der Waals surface area contributed by atoms with Crippen molar-refractivity contribution in [3.05, 3.63) is 51.3 Å². The average Bonchev–Trinajstić information content (AvgIpc) is 3.17. The number of fused-ring (bicyclic) bond motifs is 1. The van der Waals surface area contributed by atoms with Crippen molar-refractivity contribution in [2.45, 2.75) is 57.9 Å². The maximum atomic E-state index is 12.7. The molecule has 0 aliphatic carbocycles. The first kappa shape index (κ1) is 27.7. The molecule has 2 aromatic rings. The molecule has 2 atom stereocenters. The molecule has 0 saturated heterocycles. The largest absolute Gasteiger partial charge is 0.466 e. The molecule has 3 rings (SSSR count). The maximum Gasteiger partial charge on any atom is 0.328 e. The number of aromatic nitrogens is 2. The third-order valence-electron chi connectivity index (χ3n) is 6.27. The number of hydrogen-bond donors (Lipinski definition) is 3. The fourth-order valence-electron chi connectivity index (χ4n) is 4.49. The van der Waals surface area contributed by atoms with Crippen LogP contribution in [0.5, 0.6) is 0 Å². The molecule has 1 aromatic carbocycles. The van der Waals surface area contributed by atoms with Gasteiger partial charge in [0.25, 0.3) is 11.5 Å². The molecule has 200 valence electrons. The topological polar surface area (TPSA) is 157 Å². The molecule has 0 fully saturated rings. The van der Waals surface area contributed by atoms with Gasteiger partial charge in [0.1, 0.15) is 11.9 Å². The number of aromatic amines is 1. The van der Waals surface area contributed by atoms with Gasteiger partial charge in [0, 0.05) is 31.5 Å². The molecule has 1 aliphatic heterocycles. The number of hydrogen-bond acceptors (Lipinski definition) is 9. The van der Waals surface area contributed by atoms with Crippen LogP contribution in [-0.4, -0.2) is 60.7 Å². The minimum Gasteiger partial charge on any atom is -0.466 e. The molecular weight excluding hydrogens is 478 g/mol.